The summed E-state index contributed by atoms with van der Waals surface area (Å²) in [4.78, 5) is 0. The summed E-state index contributed by atoms with van der Waals surface area (Å²) in [5, 5.41) is 0. The monoisotopic (exact) mass is 373 g/mol. The smallest absolute Gasteiger partial charge is 0.0680 e. The van der Waals surface area contributed by atoms with E-state index in [1.54, 1.807) is 0 Å². The Labute approximate surface area is 130 Å². The molecule has 2 N–H and O–H groups in total. The van der Waals surface area contributed by atoms with Crippen molar-refractivity contribution in [1.82, 2.24) is 0 Å². The van der Waals surface area contributed by atoms with Gasteiger partial charge in [0.05, 0.1) is 11.2 Å². The fraction of sp³-hybridized carbons (Fsp3) is 0.625. The Morgan fingerprint density at radius 1 is 1.32 bits per heavy atom. The van der Waals surface area contributed by atoms with Gasteiger partial charge in [0, 0.05) is 15.5 Å². The molecular weight excluding hydrogens is 349 g/mol. The van der Waals surface area contributed by atoms with Gasteiger partial charge in [-0.15, -0.1) is 0 Å². The van der Waals surface area contributed by atoms with Crippen molar-refractivity contribution in [1.29, 1.82) is 0 Å². The van der Waals surface area contributed by atoms with Gasteiger partial charge in [-0.05, 0) is 74.8 Å². The minimum absolute atomic E-state index is 0.0311. The molecule has 0 amide bonds. The normalized spacial score (nSPS) is 26.4. The van der Waals surface area contributed by atoms with Crippen molar-refractivity contribution in [3.05, 3.63) is 32.9 Å². The lowest BCUT2D eigenvalue weighted by Crippen LogP contribution is -2.36. The number of nitrogens with two attached hydrogens (primary N) is 1. The zero-order valence-corrected chi connectivity index (χ0v) is 14.6. The van der Waals surface area contributed by atoms with Gasteiger partial charge in [0.15, 0.2) is 0 Å². The maximum atomic E-state index is 6.58. The molecule has 1 fully saturated rings. The van der Waals surface area contributed by atoms with Crippen LogP contribution >= 0.6 is 22.6 Å². The molecule has 0 aromatic heterocycles. The van der Waals surface area contributed by atoms with E-state index < -0.39 is 0 Å². The van der Waals surface area contributed by atoms with Crippen LogP contribution in [0.25, 0.3) is 0 Å². The SMILES string of the molecule is Cc1cccc(C(N)C2CC(C)(C)OC2(C)C)c1I. The molecule has 2 atom stereocenters. The first kappa shape index (κ1) is 15.3. The maximum Gasteiger partial charge on any atom is 0.0680 e. The van der Waals surface area contributed by atoms with E-state index in [1.807, 2.05) is 0 Å². The maximum absolute atomic E-state index is 6.58. The van der Waals surface area contributed by atoms with Crippen LogP contribution in [0.15, 0.2) is 18.2 Å². The van der Waals surface area contributed by atoms with Crippen LogP contribution in [0.3, 0.4) is 0 Å². The van der Waals surface area contributed by atoms with E-state index in [1.165, 1.54) is 14.7 Å². The molecule has 2 nitrogen and oxygen atoms in total. The van der Waals surface area contributed by atoms with Gasteiger partial charge in [-0.1, -0.05) is 18.2 Å². The van der Waals surface area contributed by atoms with Crippen LogP contribution in [0.4, 0.5) is 0 Å². The summed E-state index contributed by atoms with van der Waals surface area (Å²) < 4.78 is 7.46. The average Bonchev–Trinajstić information content (AvgIpc) is 2.50. The molecule has 1 aliphatic heterocycles. The molecular formula is C16H24INO. The molecule has 1 aliphatic rings. The van der Waals surface area contributed by atoms with Crippen LogP contribution in [-0.2, 0) is 4.74 Å². The van der Waals surface area contributed by atoms with Gasteiger partial charge in [-0.3, -0.25) is 0 Å². The lowest BCUT2D eigenvalue weighted by molar-refractivity contribution is -0.0767. The molecule has 1 heterocycles. The van der Waals surface area contributed by atoms with Crippen molar-refractivity contribution in [3.63, 3.8) is 0 Å². The number of rotatable bonds is 2. The first-order chi connectivity index (χ1) is 8.64. The number of halogens is 1. The molecule has 1 saturated heterocycles. The molecule has 0 radical (unpaired) electrons. The lowest BCUT2D eigenvalue weighted by atomic mass is 9.79. The van der Waals surface area contributed by atoms with Crippen molar-refractivity contribution >= 4 is 22.6 Å². The first-order valence-corrected chi connectivity index (χ1v) is 7.93. The Morgan fingerprint density at radius 2 is 1.95 bits per heavy atom. The van der Waals surface area contributed by atoms with Gasteiger partial charge in [0.1, 0.15) is 0 Å². The number of aryl methyl sites for hydroxylation is 1. The van der Waals surface area contributed by atoms with Gasteiger partial charge in [-0.25, -0.2) is 0 Å². The molecule has 2 unspecified atom stereocenters. The quantitative estimate of drug-likeness (QED) is 0.789. The molecule has 2 rings (SSSR count). The Morgan fingerprint density at radius 3 is 2.47 bits per heavy atom. The predicted octanol–water partition coefficient (Wildman–Crippen LogP) is 4.19. The molecule has 0 saturated carbocycles. The summed E-state index contributed by atoms with van der Waals surface area (Å²) in [6.07, 6.45) is 1.01. The fourth-order valence-electron chi connectivity index (χ4n) is 3.31. The third-order valence-electron chi connectivity index (χ3n) is 4.16. The average molecular weight is 373 g/mol. The van der Waals surface area contributed by atoms with E-state index in [-0.39, 0.29) is 17.2 Å². The first-order valence-electron chi connectivity index (χ1n) is 6.85. The third-order valence-corrected chi connectivity index (χ3v) is 5.63. The largest absolute Gasteiger partial charge is 0.369 e. The van der Waals surface area contributed by atoms with Crippen LogP contribution in [0.5, 0.6) is 0 Å². The summed E-state index contributed by atoms with van der Waals surface area (Å²) in [5.74, 6) is 0.345. The molecule has 19 heavy (non-hydrogen) atoms. The highest BCUT2D eigenvalue weighted by Gasteiger charge is 2.48. The lowest BCUT2D eigenvalue weighted by Gasteiger charge is -2.31. The summed E-state index contributed by atoms with van der Waals surface area (Å²) in [7, 11) is 0. The fourth-order valence-corrected chi connectivity index (χ4v) is 4.03. The van der Waals surface area contributed by atoms with Gasteiger partial charge < -0.3 is 10.5 Å². The molecule has 0 bridgehead atoms. The highest BCUT2D eigenvalue weighted by Crippen LogP contribution is 2.47. The van der Waals surface area contributed by atoms with Crippen LogP contribution in [-0.4, -0.2) is 11.2 Å². The number of benzene rings is 1. The van der Waals surface area contributed by atoms with E-state index >= 15 is 0 Å². The Hall–Kier alpha value is -0.130. The number of hydrogen-bond donors (Lipinski definition) is 1. The molecule has 0 aliphatic carbocycles. The topological polar surface area (TPSA) is 35.2 Å². The van der Waals surface area contributed by atoms with Gasteiger partial charge in [0.25, 0.3) is 0 Å². The van der Waals surface area contributed by atoms with E-state index in [9.17, 15) is 0 Å². The molecule has 1 aromatic carbocycles. The summed E-state index contributed by atoms with van der Waals surface area (Å²) in [5.41, 5.74) is 8.87. The zero-order valence-electron chi connectivity index (χ0n) is 12.5. The molecule has 1 aromatic rings. The summed E-state index contributed by atoms with van der Waals surface area (Å²) in [6, 6.07) is 6.42. The van der Waals surface area contributed by atoms with Crippen molar-refractivity contribution in [3.8, 4) is 0 Å². The Bertz CT molecular complexity index is 482. The predicted molar refractivity (Wildman–Crippen MR) is 88.2 cm³/mol. The van der Waals surface area contributed by atoms with E-state index in [4.69, 9.17) is 10.5 Å². The second-order valence-corrected chi connectivity index (χ2v) is 7.86. The number of ether oxygens (including phenoxy) is 1. The highest BCUT2D eigenvalue weighted by molar-refractivity contribution is 14.1. The van der Waals surface area contributed by atoms with E-state index in [0.29, 0.717) is 5.92 Å². The second kappa shape index (κ2) is 5.01. The van der Waals surface area contributed by atoms with Crippen molar-refractivity contribution < 1.29 is 4.74 Å². The minimum Gasteiger partial charge on any atom is -0.369 e. The van der Waals surface area contributed by atoms with Gasteiger partial charge in [-0.2, -0.15) is 0 Å². The Kier molecular flexibility index (Phi) is 4.02. The van der Waals surface area contributed by atoms with Crippen LogP contribution in [0.1, 0.15) is 51.3 Å². The standard InChI is InChI=1S/C16H24INO/c1-10-7-6-8-11(13(10)17)14(18)12-9-15(2,3)19-16(12,4)5/h6-8,12,14H,9,18H2,1-5H3. The van der Waals surface area contributed by atoms with Crippen LogP contribution in [0.2, 0.25) is 0 Å². The van der Waals surface area contributed by atoms with E-state index in [2.05, 4.69) is 75.4 Å². The molecule has 106 valence electrons. The number of hydrogen-bond acceptors (Lipinski definition) is 2. The van der Waals surface area contributed by atoms with Crippen molar-refractivity contribution in [2.75, 3.05) is 0 Å². The van der Waals surface area contributed by atoms with Crippen LogP contribution < -0.4 is 5.73 Å². The summed E-state index contributed by atoms with van der Waals surface area (Å²) >= 11 is 2.41. The second-order valence-electron chi connectivity index (χ2n) is 6.78. The van der Waals surface area contributed by atoms with Crippen LogP contribution in [0, 0.1) is 16.4 Å². The van der Waals surface area contributed by atoms with Gasteiger partial charge >= 0.3 is 0 Å². The third kappa shape index (κ3) is 2.98. The highest BCUT2D eigenvalue weighted by atomic mass is 127. The zero-order chi connectivity index (χ0) is 14.4. The Balaban J connectivity index is 2.34. The van der Waals surface area contributed by atoms with E-state index in [0.717, 1.165) is 6.42 Å². The van der Waals surface area contributed by atoms with Gasteiger partial charge in [0.2, 0.25) is 0 Å². The molecule has 3 heteroatoms. The van der Waals surface area contributed by atoms with Crippen molar-refractivity contribution in [2.45, 2.75) is 58.3 Å². The van der Waals surface area contributed by atoms with Crippen molar-refractivity contribution in [2.24, 2.45) is 11.7 Å². The minimum atomic E-state index is -0.171. The molecule has 0 spiro atoms. The summed E-state index contributed by atoms with van der Waals surface area (Å²) in [6.45, 7) is 10.8.